The standard InChI is InChI=1S/C9H12N2O3S/c1-5(2)14-9(13)7-6(8(12)10-3)11-4-15-7/h4-5H,1-3H3,(H,10,12). The number of aromatic nitrogens is 1. The third kappa shape index (κ3) is 2.76. The van der Waals surface area contributed by atoms with E-state index in [-0.39, 0.29) is 22.6 Å². The molecule has 1 amide bonds. The summed E-state index contributed by atoms with van der Waals surface area (Å²) < 4.78 is 4.98. The number of carbonyl (C=O) groups excluding carboxylic acids is 2. The molecule has 0 radical (unpaired) electrons. The first-order valence-corrected chi connectivity index (χ1v) is 5.30. The molecule has 5 nitrogen and oxygen atoms in total. The van der Waals surface area contributed by atoms with Gasteiger partial charge >= 0.3 is 5.97 Å². The number of nitrogens with one attached hydrogen (secondary N) is 1. The molecule has 15 heavy (non-hydrogen) atoms. The van der Waals surface area contributed by atoms with Crippen LogP contribution in [0.4, 0.5) is 0 Å². The minimum atomic E-state index is -0.508. The van der Waals surface area contributed by atoms with Gasteiger partial charge < -0.3 is 10.1 Å². The van der Waals surface area contributed by atoms with Crippen molar-refractivity contribution in [2.45, 2.75) is 20.0 Å². The first-order chi connectivity index (χ1) is 7.06. The lowest BCUT2D eigenvalue weighted by atomic mass is 10.3. The van der Waals surface area contributed by atoms with Crippen LogP contribution in [0, 0.1) is 0 Å². The number of ether oxygens (including phenoxy) is 1. The number of thiazole rings is 1. The number of amides is 1. The fraction of sp³-hybridized carbons (Fsp3) is 0.444. The van der Waals surface area contributed by atoms with Crippen LogP contribution in [0.3, 0.4) is 0 Å². The molecule has 1 N–H and O–H groups in total. The molecular formula is C9H12N2O3S. The van der Waals surface area contributed by atoms with E-state index in [4.69, 9.17) is 4.74 Å². The van der Waals surface area contributed by atoms with Gasteiger partial charge in [0.05, 0.1) is 11.6 Å². The van der Waals surface area contributed by atoms with Crippen molar-refractivity contribution in [3.05, 3.63) is 16.1 Å². The largest absolute Gasteiger partial charge is 0.459 e. The van der Waals surface area contributed by atoms with E-state index in [9.17, 15) is 9.59 Å². The van der Waals surface area contributed by atoms with Crippen molar-refractivity contribution in [3.8, 4) is 0 Å². The molecule has 1 aromatic rings. The quantitative estimate of drug-likeness (QED) is 0.786. The summed E-state index contributed by atoms with van der Waals surface area (Å²) in [7, 11) is 1.49. The minimum absolute atomic E-state index is 0.119. The Labute approximate surface area is 91.5 Å². The monoisotopic (exact) mass is 228 g/mol. The van der Waals surface area contributed by atoms with Crippen LogP contribution in [0.25, 0.3) is 0 Å². The molecule has 0 aliphatic heterocycles. The van der Waals surface area contributed by atoms with Gasteiger partial charge in [0.1, 0.15) is 4.88 Å². The van der Waals surface area contributed by atoms with Gasteiger partial charge in [0.25, 0.3) is 5.91 Å². The van der Waals surface area contributed by atoms with Gasteiger partial charge in [-0.25, -0.2) is 9.78 Å². The second-order valence-corrected chi connectivity index (χ2v) is 3.92. The number of carbonyl (C=O) groups is 2. The average Bonchev–Trinajstić information content (AvgIpc) is 2.63. The zero-order chi connectivity index (χ0) is 11.4. The molecule has 1 aromatic heterocycles. The second-order valence-electron chi connectivity index (χ2n) is 3.06. The molecule has 0 atom stereocenters. The van der Waals surface area contributed by atoms with E-state index in [1.807, 2.05) is 0 Å². The highest BCUT2D eigenvalue weighted by Crippen LogP contribution is 2.15. The van der Waals surface area contributed by atoms with Gasteiger partial charge in [-0.3, -0.25) is 4.79 Å². The fourth-order valence-corrected chi connectivity index (χ4v) is 1.60. The maximum atomic E-state index is 11.5. The molecule has 0 saturated heterocycles. The normalized spacial score (nSPS) is 10.1. The molecular weight excluding hydrogens is 216 g/mol. The summed E-state index contributed by atoms with van der Waals surface area (Å²) in [5.41, 5.74) is 1.56. The third-order valence-electron chi connectivity index (χ3n) is 1.54. The highest BCUT2D eigenvalue weighted by Gasteiger charge is 2.21. The Balaban J connectivity index is 2.90. The van der Waals surface area contributed by atoms with E-state index in [1.165, 1.54) is 12.6 Å². The predicted molar refractivity (Wildman–Crippen MR) is 56.1 cm³/mol. The predicted octanol–water partition coefficient (Wildman–Crippen LogP) is 1.07. The van der Waals surface area contributed by atoms with Gasteiger partial charge in [0, 0.05) is 7.05 Å². The van der Waals surface area contributed by atoms with Gasteiger partial charge in [-0.1, -0.05) is 0 Å². The van der Waals surface area contributed by atoms with Crippen LogP contribution in [0.15, 0.2) is 5.51 Å². The van der Waals surface area contributed by atoms with Gasteiger partial charge in [-0.2, -0.15) is 0 Å². The van der Waals surface area contributed by atoms with Gasteiger partial charge in [-0.15, -0.1) is 11.3 Å². The summed E-state index contributed by atoms with van der Waals surface area (Å²) in [5.74, 6) is -0.891. The summed E-state index contributed by atoms with van der Waals surface area (Å²) in [6.07, 6.45) is -0.211. The molecule has 0 fully saturated rings. The highest BCUT2D eigenvalue weighted by molar-refractivity contribution is 7.12. The number of nitrogens with zero attached hydrogens (tertiary/aromatic N) is 1. The van der Waals surface area contributed by atoms with Crippen LogP contribution in [0.2, 0.25) is 0 Å². The molecule has 6 heteroatoms. The Morgan fingerprint density at radius 2 is 2.20 bits per heavy atom. The first kappa shape index (κ1) is 11.6. The SMILES string of the molecule is CNC(=O)c1ncsc1C(=O)OC(C)C. The van der Waals surface area contributed by atoms with Gasteiger partial charge in [-0.05, 0) is 13.8 Å². The van der Waals surface area contributed by atoms with Crippen molar-refractivity contribution in [1.29, 1.82) is 0 Å². The number of hydrogen-bond donors (Lipinski definition) is 1. The van der Waals surface area contributed by atoms with E-state index in [0.29, 0.717) is 0 Å². The molecule has 0 bridgehead atoms. The Bertz CT molecular complexity index is 373. The van der Waals surface area contributed by atoms with Crippen molar-refractivity contribution < 1.29 is 14.3 Å². The molecule has 0 spiro atoms. The van der Waals surface area contributed by atoms with Gasteiger partial charge in [0.2, 0.25) is 0 Å². The van der Waals surface area contributed by atoms with E-state index >= 15 is 0 Å². The van der Waals surface area contributed by atoms with Crippen LogP contribution >= 0.6 is 11.3 Å². The molecule has 0 aromatic carbocycles. The Hall–Kier alpha value is -1.43. The summed E-state index contributed by atoms with van der Waals surface area (Å²) in [6.45, 7) is 3.50. The zero-order valence-corrected chi connectivity index (χ0v) is 9.55. The summed E-state index contributed by atoms with van der Waals surface area (Å²) in [4.78, 5) is 26.9. The lowest BCUT2D eigenvalue weighted by molar-refractivity contribution is 0.0380. The molecule has 82 valence electrons. The zero-order valence-electron chi connectivity index (χ0n) is 8.73. The van der Waals surface area contributed by atoms with Crippen molar-refractivity contribution in [2.75, 3.05) is 7.05 Å². The maximum absolute atomic E-state index is 11.5. The summed E-state index contributed by atoms with van der Waals surface area (Å²) in [5, 5.41) is 2.41. The van der Waals surface area contributed by atoms with E-state index in [2.05, 4.69) is 10.3 Å². The van der Waals surface area contributed by atoms with Crippen molar-refractivity contribution in [3.63, 3.8) is 0 Å². The molecule has 0 aliphatic carbocycles. The Kier molecular flexibility index (Phi) is 3.79. The Morgan fingerprint density at radius 3 is 2.73 bits per heavy atom. The number of esters is 1. The number of rotatable bonds is 3. The molecule has 1 rings (SSSR count). The Morgan fingerprint density at radius 1 is 1.53 bits per heavy atom. The first-order valence-electron chi connectivity index (χ1n) is 4.42. The maximum Gasteiger partial charge on any atom is 0.351 e. The summed E-state index contributed by atoms with van der Waals surface area (Å²) in [6, 6.07) is 0. The van der Waals surface area contributed by atoms with Crippen molar-refractivity contribution >= 4 is 23.2 Å². The third-order valence-corrected chi connectivity index (χ3v) is 2.34. The summed E-state index contributed by atoms with van der Waals surface area (Å²) >= 11 is 1.10. The van der Waals surface area contributed by atoms with E-state index < -0.39 is 5.97 Å². The van der Waals surface area contributed by atoms with Crippen LogP contribution < -0.4 is 5.32 Å². The highest BCUT2D eigenvalue weighted by atomic mass is 32.1. The topological polar surface area (TPSA) is 68.3 Å². The fourth-order valence-electron chi connectivity index (χ4n) is 0.939. The van der Waals surface area contributed by atoms with Crippen LogP contribution in [0.5, 0.6) is 0 Å². The van der Waals surface area contributed by atoms with E-state index in [1.54, 1.807) is 13.8 Å². The van der Waals surface area contributed by atoms with Crippen LogP contribution in [-0.2, 0) is 4.74 Å². The molecule has 0 aliphatic rings. The van der Waals surface area contributed by atoms with E-state index in [0.717, 1.165) is 11.3 Å². The molecule has 1 heterocycles. The van der Waals surface area contributed by atoms with Crippen molar-refractivity contribution in [2.24, 2.45) is 0 Å². The van der Waals surface area contributed by atoms with Crippen LogP contribution in [-0.4, -0.2) is 30.0 Å². The van der Waals surface area contributed by atoms with Crippen LogP contribution in [0.1, 0.15) is 34.0 Å². The lowest BCUT2D eigenvalue weighted by Crippen LogP contribution is -2.22. The lowest BCUT2D eigenvalue weighted by Gasteiger charge is -2.06. The molecule has 0 saturated carbocycles. The second kappa shape index (κ2) is 4.88. The number of hydrogen-bond acceptors (Lipinski definition) is 5. The minimum Gasteiger partial charge on any atom is -0.459 e. The molecule has 0 unspecified atom stereocenters. The van der Waals surface area contributed by atoms with Gasteiger partial charge in [0.15, 0.2) is 5.69 Å². The average molecular weight is 228 g/mol. The smallest absolute Gasteiger partial charge is 0.351 e. The van der Waals surface area contributed by atoms with Crippen molar-refractivity contribution in [1.82, 2.24) is 10.3 Å².